The summed E-state index contributed by atoms with van der Waals surface area (Å²) in [6, 6.07) is 0. The minimum atomic E-state index is -1.50. The topological polar surface area (TPSA) is 58.9 Å². The predicted molar refractivity (Wildman–Crippen MR) is 84.1 cm³/mol. The second-order valence-corrected chi connectivity index (χ2v) is 10.3. The van der Waals surface area contributed by atoms with Crippen molar-refractivity contribution in [2.24, 2.45) is 23.7 Å². The normalized spacial score (nSPS) is 76.5. The lowest BCUT2D eigenvalue weighted by Gasteiger charge is -2.64. The van der Waals surface area contributed by atoms with Crippen molar-refractivity contribution >= 4 is 46.4 Å². The summed E-state index contributed by atoms with van der Waals surface area (Å²) < 4.78 is 11.5. The fourth-order valence-corrected chi connectivity index (χ4v) is 11.5. The summed E-state index contributed by atoms with van der Waals surface area (Å²) in [5.41, 5.74) is -2.53. The molecule has 2 N–H and O–H groups in total. The number of alkyl halides is 4. The largest absolute Gasteiger partial charge is 0.385 e. The molecule has 7 rings (SSSR count). The molecule has 7 aliphatic carbocycles. The molecule has 23 heavy (non-hydrogen) atoms. The molecule has 0 spiro atoms. The summed E-state index contributed by atoms with van der Waals surface area (Å²) in [6.07, 6.45) is 3.24. The number of ether oxygens (including phenoxy) is 2. The molecule has 4 nitrogen and oxygen atoms in total. The highest BCUT2D eigenvalue weighted by Gasteiger charge is 3.15. The van der Waals surface area contributed by atoms with Gasteiger partial charge in [0.05, 0.1) is 21.0 Å². The SMILES string of the molecule is COC1(OC)[C@]2(Cl)[C@@H]3[C@@H]4[C@@]5(O)C=C[C@]3(O)[C@@H]3[C@H]5[C@@](Cl)([C@@]32Cl)[C@]41Cl. The van der Waals surface area contributed by atoms with Crippen LogP contribution in [0.2, 0.25) is 0 Å². The summed E-state index contributed by atoms with van der Waals surface area (Å²) in [5, 5.41) is 22.8. The third-order valence-electron chi connectivity index (χ3n) is 8.11. The summed E-state index contributed by atoms with van der Waals surface area (Å²) in [4.78, 5) is -5.14. The first kappa shape index (κ1) is 14.9. The van der Waals surface area contributed by atoms with Crippen LogP contribution in [-0.2, 0) is 9.47 Å². The van der Waals surface area contributed by atoms with E-state index in [1.54, 1.807) is 12.2 Å². The van der Waals surface area contributed by atoms with Crippen LogP contribution in [0.1, 0.15) is 0 Å². The quantitative estimate of drug-likeness (QED) is 0.419. The van der Waals surface area contributed by atoms with E-state index in [9.17, 15) is 10.2 Å². The average molecular weight is 400 g/mol. The highest BCUT2D eigenvalue weighted by molar-refractivity contribution is 6.51. The van der Waals surface area contributed by atoms with Crippen LogP contribution < -0.4 is 0 Å². The fraction of sp³-hybridized carbons (Fsp3) is 0.867. The predicted octanol–water partition coefficient (Wildman–Crippen LogP) is 1.45. The maximum absolute atomic E-state index is 11.4. The first-order chi connectivity index (χ1) is 10.6. The molecule has 126 valence electrons. The van der Waals surface area contributed by atoms with Crippen LogP contribution in [0, 0.1) is 23.7 Å². The van der Waals surface area contributed by atoms with Crippen LogP contribution in [-0.4, -0.2) is 60.9 Å². The Labute approximate surface area is 152 Å². The molecule has 0 radical (unpaired) electrons. The lowest BCUT2D eigenvalue weighted by Crippen LogP contribution is -2.77. The molecule has 7 aliphatic rings. The van der Waals surface area contributed by atoms with Crippen LogP contribution in [0.15, 0.2) is 12.2 Å². The minimum absolute atomic E-state index is 0.490. The van der Waals surface area contributed by atoms with E-state index in [0.29, 0.717) is 0 Å². The van der Waals surface area contributed by atoms with Gasteiger partial charge in [0.15, 0.2) is 0 Å². The van der Waals surface area contributed by atoms with E-state index in [-0.39, 0.29) is 0 Å². The third-order valence-corrected chi connectivity index (χ3v) is 11.6. The molecule has 5 saturated carbocycles. The molecular formula is C15H14Cl4O4. The third kappa shape index (κ3) is 0.743. The number of hydrogen-bond acceptors (Lipinski definition) is 4. The van der Waals surface area contributed by atoms with Gasteiger partial charge in [0.1, 0.15) is 9.75 Å². The molecule has 0 aliphatic heterocycles. The van der Waals surface area contributed by atoms with E-state index in [1.165, 1.54) is 14.2 Å². The lowest BCUT2D eigenvalue weighted by atomic mass is 9.48. The summed E-state index contributed by atoms with van der Waals surface area (Å²) >= 11 is 28.4. The lowest BCUT2D eigenvalue weighted by molar-refractivity contribution is -0.225. The van der Waals surface area contributed by atoms with Gasteiger partial charge < -0.3 is 19.7 Å². The summed E-state index contributed by atoms with van der Waals surface area (Å²) in [5.74, 6) is -3.68. The van der Waals surface area contributed by atoms with Gasteiger partial charge in [-0.3, -0.25) is 0 Å². The second-order valence-electron chi connectivity index (χ2n) is 7.89. The Hall–Kier alpha value is 0.740. The van der Waals surface area contributed by atoms with Gasteiger partial charge in [-0.05, 0) is 0 Å². The Bertz CT molecular complexity index is 687. The van der Waals surface area contributed by atoms with Gasteiger partial charge >= 0.3 is 0 Å². The van der Waals surface area contributed by atoms with E-state index >= 15 is 0 Å². The van der Waals surface area contributed by atoms with E-state index in [4.69, 9.17) is 55.9 Å². The maximum Gasteiger partial charge on any atom is 0.211 e. The van der Waals surface area contributed by atoms with E-state index < -0.39 is 60.2 Å². The van der Waals surface area contributed by atoms with Crippen LogP contribution in [0.25, 0.3) is 0 Å². The zero-order valence-corrected chi connectivity index (χ0v) is 15.2. The first-order valence-corrected chi connectivity index (χ1v) is 9.08. The maximum atomic E-state index is 11.4. The molecule has 0 saturated heterocycles. The number of methoxy groups -OCH3 is 2. The summed E-state index contributed by atoms with van der Waals surface area (Å²) in [6.45, 7) is 0. The Morgan fingerprint density at radius 2 is 1.00 bits per heavy atom. The number of halogens is 4. The highest BCUT2D eigenvalue weighted by Crippen LogP contribution is 3.01. The minimum Gasteiger partial charge on any atom is -0.385 e. The van der Waals surface area contributed by atoms with Crippen LogP contribution in [0.5, 0.6) is 0 Å². The van der Waals surface area contributed by atoms with Crippen molar-refractivity contribution in [1.82, 2.24) is 0 Å². The van der Waals surface area contributed by atoms with E-state index in [0.717, 1.165) is 0 Å². The highest BCUT2D eigenvalue weighted by atomic mass is 35.5. The fourth-order valence-electron chi connectivity index (χ4n) is 7.95. The molecule has 0 aromatic heterocycles. The van der Waals surface area contributed by atoms with E-state index in [1.807, 2.05) is 0 Å². The number of hydrogen-bond donors (Lipinski definition) is 2. The van der Waals surface area contributed by atoms with Gasteiger partial charge in [0.2, 0.25) is 5.79 Å². The molecule has 4 bridgehead atoms. The van der Waals surface area contributed by atoms with Gasteiger partial charge in [-0.25, -0.2) is 0 Å². The van der Waals surface area contributed by atoms with Gasteiger partial charge in [0.25, 0.3) is 0 Å². The number of rotatable bonds is 2. The van der Waals surface area contributed by atoms with Gasteiger partial charge in [-0.15, -0.1) is 46.4 Å². The van der Waals surface area contributed by atoms with Crippen LogP contribution >= 0.6 is 46.4 Å². The second kappa shape index (κ2) is 3.11. The standard InChI is InChI=1S/C15H14Cl4O4/c1-22-15(23-2)13(18)7-8-10(21)4-3-9(7,20)5-6(10)12(17,11(5,13)16)14(8,15)19/h3-8,20-21H,1-2H3/t5-,6+,7-,8-,9-,10+,11-,12+,13-,14+/m1/s1. The van der Waals surface area contributed by atoms with Crippen LogP contribution in [0.4, 0.5) is 0 Å². The Balaban J connectivity index is 1.85. The molecule has 0 amide bonds. The molecule has 8 heteroatoms. The van der Waals surface area contributed by atoms with Gasteiger partial charge in [-0.2, -0.15) is 0 Å². The van der Waals surface area contributed by atoms with Crippen molar-refractivity contribution in [3.05, 3.63) is 12.2 Å². The Morgan fingerprint density at radius 3 is 1.30 bits per heavy atom. The molecule has 5 fully saturated rings. The van der Waals surface area contributed by atoms with Crippen LogP contribution in [0.3, 0.4) is 0 Å². The zero-order valence-electron chi connectivity index (χ0n) is 12.2. The molecule has 0 heterocycles. The van der Waals surface area contributed by atoms with Crippen molar-refractivity contribution in [2.45, 2.75) is 36.5 Å². The van der Waals surface area contributed by atoms with Crippen molar-refractivity contribution in [2.75, 3.05) is 14.2 Å². The zero-order chi connectivity index (χ0) is 16.6. The molecule has 0 unspecified atom stereocenters. The Morgan fingerprint density at radius 1 is 0.696 bits per heavy atom. The first-order valence-electron chi connectivity index (χ1n) is 7.56. The smallest absolute Gasteiger partial charge is 0.211 e. The monoisotopic (exact) mass is 398 g/mol. The van der Waals surface area contributed by atoms with Gasteiger partial charge in [0, 0.05) is 37.9 Å². The molecule has 10 atom stereocenters. The molecule has 0 aromatic rings. The number of aliphatic hydroxyl groups is 2. The average Bonchev–Trinajstić information content (AvgIpc) is 2.81. The summed E-state index contributed by atoms with van der Waals surface area (Å²) in [7, 11) is 2.90. The van der Waals surface area contributed by atoms with E-state index in [2.05, 4.69) is 0 Å². The molecular weight excluding hydrogens is 386 g/mol. The van der Waals surface area contributed by atoms with Crippen molar-refractivity contribution < 1.29 is 19.7 Å². The van der Waals surface area contributed by atoms with Crippen molar-refractivity contribution in [3.63, 3.8) is 0 Å². The Kier molecular flexibility index (Phi) is 2.01. The molecule has 0 aromatic carbocycles. The van der Waals surface area contributed by atoms with Gasteiger partial charge in [-0.1, -0.05) is 12.2 Å². The van der Waals surface area contributed by atoms with Crippen molar-refractivity contribution in [3.8, 4) is 0 Å². The van der Waals surface area contributed by atoms with Crippen molar-refractivity contribution in [1.29, 1.82) is 0 Å².